The van der Waals surface area contributed by atoms with Crippen LogP contribution in [0.15, 0.2) is 11.6 Å². The van der Waals surface area contributed by atoms with E-state index in [-0.39, 0.29) is 59.2 Å². The Morgan fingerprint density at radius 3 is 1.94 bits per heavy atom. The molecule has 4 saturated carbocycles. The zero-order valence-electron chi connectivity index (χ0n) is 40.3. The number of carboxylic acids is 1. The van der Waals surface area contributed by atoms with Gasteiger partial charge < -0.3 is 73.6 Å². The third-order valence-electron chi connectivity index (χ3n) is 18.9. The van der Waals surface area contributed by atoms with Gasteiger partial charge in [0.25, 0.3) is 0 Å². The molecule has 3 heterocycles. The Hall–Kier alpha value is -2.33. The van der Waals surface area contributed by atoms with Crippen LogP contribution in [0.3, 0.4) is 0 Å². The molecule has 8 rings (SSSR count). The molecule has 5 aliphatic carbocycles. The number of aliphatic hydroxyl groups is 6. The molecule has 0 aromatic rings. The molecule has 0 radical (unpaired) electrons. The Kier molecular flexibility index (Phi) is 14.0. The molecule has 3 unspecified atom stereocenters. The van der Waals surface area contributed by atoms with Gasteiger partial charge in [-0.25, -0.2) is 0 Å². The van der Waals surface area contributed by atoms with Crippen molar-refractivity contribution in [3.63, 3.8) is 0 Å². The van der Waals surface area contributed by atoms with E-state index < -0.39 is 115 Å². The zero-order chi connectivity index (χ0) is 48.8. The molecule has 0 spiro atoms. The summed E-state index contributed by atoms with van der Waals surface area (Å²) in [5, 5.41) is 78.1. The van der Waals surface area contributed by atoms with Crippen molar-refractivity contribution >= 4 is 17.9 Å². The maximum absolute atomic E-state index is 13.1. The molecule has 7 fully saturated rings. The third kappa shape index (κ3) is 8.51. The molecule has 0 aromatic carbocycles. The average molecular weight is 953 g/mol. The van der Waals surface area contributed by atoms with Crippen molar-refractivity contribution in [1.82, 2.24) is 0 Å². The number of ether oxygens (including phenoxy) is 8. The van der Waals surface area contributed by atoms with E-state index in [1.54, 1.807) is 0 Å². The Balaban J connectivity index is 0.989. The van der Waals surface area contributed by atoms with Gasteiger partial charge in [-0.05, 0) is 104 Å². The Labute approximate surface area is 392 Å². The van der Waals surface area contributed by atoms with Gasteiger partial charge in [0.05, 0.1) is 37.9 Å². The van der Waals surface area contributed by atoms with Crippen LogP contribution in [0.2, 0.25) is 0 Å². The molecule has 3 aliphatic heterocycles. The van der Waals surface area contributed by atoms with Gasteiger partial charge >= 0.3 is 17.9 Å². The zero-order valence-corrected chi connectivity index (χ0v) is 40.3. The predicted octanol–water partition coefficient (Wildman–Crippen LogP) is 2.74. The second kappa shape index (κ2) is 18.4. The van der Waals surface area contributed by atoms with Gasteiger partial charge in [-0.1, -0.05) is 53.2 Å². The molecule has 0 bridgehead atoms. The lowest BCUT2D eigenvalue weighted by molar-refractivity contribution is -0.370. The third-order valence-corrected chi connectivity index (χ3v) is 18.9. The Morgan fingerprint density at radius 2 is 1.28 bits per heavy atom. The maximum atomic E-state index is 13.1. The van der Waals surface area contributed by atoms with Crippen LogP contribution in [-0.4, -0.2) is 160 Å². The van der Waals surface area contributed by atoms with Crippen LogP contribution >= 0.6 is 0 Å². The van der Waals surface area contributed by atoms with Crippen molar-refractivity contribution in [1.29, 1.82) is 0 Å². The molecule has 67 heavy (non-hydrogen) atoms. The van der Waals surface area contributed by atoms with E-state index >= 15 is 0 Å². The summed E-state index contributed by atoms with van der Waals surface area (Å²) >= 11 is 0. The van der Waals surface area contributed by atoms with Crippen LogP contribution in [0.4, 0.5) is 0 Å². The van der Waals surface area contributed by atoms with Gasteiger partial charge in [-0.2, -0.15) is 0 Å². The molecule has 7 N–H and O–H groups in total. The minimum atomic E-state index is -1.78. The molecule has 21 atom stereocenters. The molecule has 8 aliphatic rings. The van der Waals surface area contributed by atoms with E-state index in [0.717, 1.165) is 58.8 Å². The molecule has 18 nitrogen and oxygen atoms in total. The van der Waals surface area contributed by atoms with Gasteiger partial charge in [0.15, 0.2) is 31.1 Å². The fourth-order valence-corrected chi connectivity index (χ4v) is 14.9. The van der Waals surface area contributed by atoms with E-state index in [4.69, 9.17) is 37.9 Å². The summed E-state index contributed by atoms with van der Waals surface area (Å²) in [6.07, 6.45) is -8.27. The molecular weight excluding hydrogens is 877 g/mol. The molecule has 0 amide bonds. The van der Waals surface area contributed by atoms with E-state index in [0.29, 0.717) is 19.3 Å². The summed E-state index contributed by atoms with van der Waals surface area (Å²) in [7, 11) is 0. The summed E-state index contributed by atoms with van der Waals surface area (Å²) in [6, 6.07) is 0. The topological polar surface area (TPSA) is 267 Å². The minimum Gasteiger partial charge on any atom is -0.481 e. The summed E-state index contributed by atoms with van der Waals surface area (Å²) in [4.78, 5) is 36.7. The van der Waals surface area contributed by atoms with Crippen LogP contribution in [0, 0.1) is 50.2 Å². The van der Waals surface area contributed by atoms with Crippen molar-refractivity contribution in [3.05, 3.63) is 11.6 Å². The second-order valence-corrected chi connectivity index (χ2v) is 23.1. The number of carbonyl (C=O) groups is 3. The smallest absolute Gasteiger partial charge is 0.310 e. The van der Waals surface area contributed by atoms with Gasteiger partial charge in [-0.3, -0.25) is 14.4 Å². The molecule has 380 valence electrons. The highest BCUT2D eigenvalue weighted by Gasteiger charge is 2.70. The normalized spacial score (nSPS) is 50.6. The van der Waals surface area contributed by atoms with Crippen LogP contribution < -0.4 is 0 Å². The van der Waals surface area contributed by atoms with Gasteiger partial charge in [-0.15, -0.1) is 0 Å². The van der Waals surface area contributed by atoms with Crippen molar-refractivity contribution in [2.24, 2.45) is 50.2 Å². The first-order valence-electron chi connectivity index (χ1n) is 24.5. The van der Waals surface area contributed by atoms with Gasteiger partial charge in [0.2, 0.25) is 0 Å². The van der Waals surface area contributed by atoms with Crippen LogP contribution in [0.25, 0.3) is 0 Å². The Bertz CT molecular complexity index is 1890. The van der Waals surface area contributed by atoms with Crippen molar-refractivity contribution in [2.75, 3.05) is 26.4 Å². The highest BCUT2D eigenvalue weighted by atomic mass is 16.8. The van der Waals surface area contributed by atoms with Crippen molar-refractivity contribution in [2.45, 2.75) is 200 Å². The van der Waals surface area contributed by atoms with Crippen molar-refractivity contribution in [3.8, 4) is 0 Å². The lowest BCUT2D eigenvalue weighted by Crippen LogP contribution is -2.67. The number of allylic oxidation sites excluding steroid dienone is 2. The molecular formula is C49H76O18. The van der Waals surface area contributed by atoms with Crippen LogP contribution in [0.1, 0.15) is 120 Å². The molecule has 3 saturated heterocycles. The first-order valence-corrected chi connectivity index (χ1v) is 24.5. The van der Waals surface area contributed by atoms with E-state index in [2.05, 4.69) is 40.7 Å². The van der Waals surface area contributed by atoms with Crippen molar-refractivity contribution < 1.29 is 88.0 Å². The number of fused-ring (bicyclic) bond motifs is 7. The highest BCUT2D eigenvalue weighted by molar-refractivity contribution is 5.76. The summed E-state index contributed by atoms with van der Waals surface area (Å²) in [5.74, 6) is -1.88. The first kappa shape index (κ1) is 51.0. The molecule has 0 aromatic heterocycles. The lowest BCUT2D eigenvalue weighted by Gasteiger charge is -2.71. The Morgan fingerprint density at radius 1 is 0.672 bits per heavy atom. The summed E-state index contributed by atoms with van der Waals surface area (Å²) in [6.45, 7) is 14.8. The SMILES string of the molecule is CC(=O)O[C@@H]1[C@@H](O)[C@H](O[C@H]2[C@@H](O)[C@H](O[C@H]3[C@H](O[C@H]4CC[C@@]5(C)C(CC[C@]6(C)C5CC=C5C7CC(C)(C)CC[C@]7(C(=O)O)CC[C@]56C)[C@]4(C)CO)OC[C@H](O)[C@@H]3O)OC[C@@H]2O)OC[C@@H]1OC(C)=O. The van der Waals surface area contributed by atoms with Gasteiger partial charge in [0, 0.05) is 19.3 Å². The number of hydrogen-bond acceptors (Lipinski definition) is 17. The molecule has 18 heteroatoms. The highest BCUT2D eigenvalue weighted by Crippen LogP contribution is 2.76. The number of hydrogen-bond donors (Lipinski definition) is 7. The maximum Gasteiger partial charge on any atom is 0.310 e. The van der Waals surface area contributed by atoms with E-state index in [9.17, 15) is 50.1 Å². The second-order valence-electron chi connectivity index (χ2n) is 23.1. The predicted molar refractivity (Wildman–Crippen MR) is 233 cm³/mol. The monoisotopic (exact) mass is 953 g/mol. The summed E-state index contributed by atoms with van der Waals surface area (Å²) < 4.78 is 46.6. The average Bonchev–Trinajstić information content (AvgIpc) is 3.25. The van der Waals surface area contributed by atoms with Crippen LogP contribution in [0.5, 0.6) is 0 Å². The fraction of sp³-hybridized carbons (Fsp3) is 0.898. The fourth-order valence-electron chi connectivity index (χ4n) is 14.9. The van der Waals surface area contributed by atoms with Gasteiger partial charge in [0.1, 0.15) is 42.7 Å². The van der Waals surface area contributed by atoms with E-state index in [1.165, 1.54) is 5.57 Å². The number of carbonyl (C=O) groups excluding carboxylic acids is 2. The van der Waals surface area contributed by atoms with Crippen LogP contribution in [-0.2, 0) is 52.3 Å². The number of esters is 2. The number of carboxylic acid groups (broad SMARTS) is 1. The number of aliphatic hydroxyl groups excluding tert-OH is 6. The lowest BCUT2D eigenvalue weighted by atomic mass is 9.33. The number of rotatable bonds is 10. The van der Waals surface area contributed by atoms with E-state index in [1.807, 2.05) is 6.92 Å². The first-order chi connectivity index (χ1) is 31.4. The standard InChI is InChI=1S/C49H76O18/c1-24(51)63-30-22-62-41(36(57)38(30)64-25(2)52)66-37-29(54)21-60-40(35(37)56)67-39-34(55)28(53)20-61-42(39)65-33-12-13-45(5)31(46(33,6)23-50)11-14-48(8)32(45)10-9-26-27-19-44(3,4)15-17-49(27,43(58)59)18-16-47(26,48)7/h9,27-42,50,53-57H,10-23H2,1-8H3,(H,58,59)/t27?,28-,29-,30-,31?,32?,33-,34-,35+,36+,37+,38-,39+,40-,41-,42-,45-,46-,47+,48+,49-/m0/s1. The summed E-state index contributed by atoms with van der Waals surface area (Å²) in [5.41, 5.74) is -0.622. The quantitative estimate of drug-likeness (QED) is 0.0943. The number of aliphatic carboxylic acids is 1. The largest absolute Gasteiger partial charge is 0.481 e. The minimum absolute atomic E-state index is 0.00549.